The number of nitrogens with zero attached hydrogens (tertiary/aromatic N) is 4. The van der Waals surface area contributed by atoms with Crippen molar-refractivity contribution in [2.24, 2.45) is 0 Å². The van der Waals surface area contributed by atoms with Crippen LogP contribution in [0.4, 0.5) is 0 Å². The van der Waals surface area contributed by atoms with Gasteiger partial charge < -0.3 is 4.74 Å². The van der Waals surface area contributed by atoms with Crippen molar-refractivity contribution >= 4 is 0 Å². The molecule has 0 bridgehead atoms. The van der Waals surface area contributed by atoms with E-state index in [0.717, 1.165) is 61.6 Å². The summed E-state index contributed by atoms with van der Waals surface area (Å²) in [6.07, 6.45) is 0. The van der Waals surface area contributed by atoms with Crippen LogP contribution in [0.3, 0.4) is 0 Å². The van der Waals surface area contributed by atoms with Gasteiger partial charge in [0.1, 0.15) is 11.5 Å². The van der Waals surface area contributed by atoms with E-state index in [-0.39, 0.29) is 0 Å². The number of hydrogen-bond donors (Lipinski definition) is 0. The van der Waals surface area contributed by atoms with Gasteiger partial charge in [-0.1, -0.05) is 164 Å². The lowest BCUT2D eigenvalue weighted by atomic mass is 9.65. The van der Waals surface area contributed by atoms with Gasteiger partial charge in [0.2, 0.25) is 0 Å². The highest BCUT2D eigenvalue weighted by Crippen LogP contribution is 2.63. The summed E-state index contributed by atoms with van der Waals surface area (Å²) in [4.78, 5) is 14.8. The van der Waals surface area contributed by atoms with E-state index in [2.05, 4.69) is 109 Å². The van der Waals surface area contributed by atoms with Crippen molar-refractivity contribution in [3.05, 3.63) is 222 Å². The molecule has 1 aliphatic heterocycles. The van der Waals surface area contributed by atoms with Crippen LogP contribution in [0.2, 0.25) is 0 Å². The molecule has 2 heterocycles. The number of fused-ring (bicyclic) bond motifs is 9. The Balaban J connectivity index is 1.11. The first-order valence-electron chi connectivity index (χ1n) is 19.3. The van der Waals surface area contributed by atoms with E-state index in [9.17, 15) is 5.26 Å². The monoisotopic (exact) mass is 740 g/mol. The Hall–Kier alpha value is -7.94. The molecule has 0 N–H and O–H groups in total. The lowest BCUT2D eigenvalue weighted by Gasteiger charge is -2.40. The molecule has 8 aromatic carbocycles. The summed E-state index contributed by atoms with van der Waals surface area (Å²) < 4.78 is 6.92. The van der Waals surface area contributed by atoms with Crippen molar-refractivity contribution in [1.82, 2.24) is 15.0 Å². The summed E-state index contributed by atoms with van der Waals surface area (Å²) in [7, 11) is 0. The van der Waals surface area contributed by atoms with Crippen LogP contribution in [0.15, 0.2) is 194 Å². The van der Waals surface area contributed by atoms with E-state index < -0.39 is 5.41 Å². The molecule has 0 atom stereocenters. The Morgan fingerprint density at radius 2 is 0.793 bits per heavy atom. The Bertz CT molecular complexity index is 2980. The van der Waals surface area contributed by atoms with Crippen molar-refractivity contribution in [2.45, 2.75) is 5.41 Å². The molecule has 11 rings (SSSR count). The maximum absolute atomic E-state index is 9.71. The molecule has 270 valence electrons. The van der Waals surface area contributed by atoms with Crippen LogP contribution in [0.25, 0.3) is 67.5 Å². The summed E-state index contributed by atoms with van der Waals surface area (Å²) >= 11 is 0. The predicted octanol–water partition coefficient (Wildman–Crippen LogP) is 12.5. The van der Waals surface area contributed by atoms with Gasteiger partial charge in [0.25, 0.3) is 0 Å². The number of para-hydroxylation sites is 1. The molecule has 0 unspecified atom stereocenters. The molecule has 9 aromatic rings. The first kappa shape index (κ1) is 33.4. The van der Waals surface area contributed by atoms with Crippen LogP contribution < -0.4 is 4.74 Å². The highest BCUT2D eigenvalue weighted by molar-refractivity contribution is 5.92. The van der Waals surface area contributed by atoms with Gasteiger partial charge in [-0.2, -0.15) is 5.26 Å². The fourth-order valence-corrected chi connectivity index (χ4v) is 8.84. The maximum Gasteiger partial charge on any atom is 0.164 e. The first-order valence-corrected chi connectivity index (χ1v) is 19.3. The minimum Gasteiger partial charge on any atom is -0.457 e. The van der Waals surface area contributed by atoms with E-state index in [1.165, 1.54) is 22.3 Å². The van der Waals surface area contributed by atoms with Gasteiger partial charge in [-0.25, -0.2) is 15.0 Å². The van der Waals surface area contributed by atoms with E-state index in [1.54, 1.807) is 0 Å². The van der Waals surface area contributed by atoms with Gasteiger partial charge in [-0.05, 0) is 74.8 Å². The molecule has 2 aliphatic rings. The Labute approximate surface area is 336 Å². The average molecular weight is 741 g/mol. The Morgan fingerprint density at radius 1 is 0.362 bits per heavy atom. The van der Waals surface area contributed by atoms with Crippen molar-refractivity contribution < 1.29 is 4.74 Å². The quantitative estimate of drug-likeness (QED) is 0.176. The zero-order valence-corrected chi connectivity index (χ0v) is 31.2. The molecule has 0 fully saturated rings. The second kappa shape index (κ2) is 13.4. The van der Waals surface area contributed by atoms with Gasteiger partial charge in [-0.15, -0.1) is 0 Å². The van der Waals surface area contributed by atoms with Crippen LogP contribution >= 0.6 is 0 Å². The number of benzene rings is 8. The fourth-order valence-electron chi connectivity index (χ4n) is 8.84. The summed E-state index contributed by atoms with van der Waals surface area (Å²) in [5, 5.41) is 9.71. The van der Waals surface area contributed by atoms with Gasteiger partial charge in [0.05, 0.1) is 17.0 Å². The lowest BCUT2D eigenvalue weighted by Crippen LogP contribution is -2.32. The normalized spacial score (nSPS) is 12.7. The molecule has 1 spiro atoms. The standard InChI is InChI=1S/C53H32N4O/c54-33-34-23-25-35(26-24-34)42-31-47-49(58-48-22-12-11-21-46(48)53(47)44-19-9-7-17-40(44)41-18-8-10-20-45(41)53)32-43(42)36-27-29-39(30-28-36)52-56-50(37-13-3-1-4-14-37)55-51(57-52)38-15-5-2-6-16-38/h1-32H. The minimum atomic E-state index is -0.604. The Kier molecular flexibility index (Phi) is 7.70. The predicted molar refractivity (Wildman–Crippen MR) is 229 cm³/mol. The second-order valence-corrected chi connectivity index (χ2v) is 14.6. The molecule has 0 saturated heterocycles. The number of hydrogen-bond acceptors (Lipinski definition) is 5. The number of rotatable bonds is 5. The summed E-state index contributed by atoms with van der Waals surface area (Å²) in [5.41, 5.74) is 13.9. The van der Waals surface area contributed by atoms with Gasteiger partial charge in [0.15, 0.2) is 17.5 Å². The topological polar surface area (TPSA) is 71.7 Å². The zero-order valence-electron chi connectivity index (χ0n) is 31.2. The van der Waals surface area contributed by atoms with Crippen molar-refractivity contribution in [3.8, 4) is 85.1 Å². The van der Waals surface area contributed by atoms with Crippen molar-refractivity contribution in [1.29, 1.82) is 5.26 Å². The average Bonchev–Trinajstić information content (AvgIpc) is 3.60. The molecular formula is C53H32N4O. The van der Waals surface area contributed by atoms with Gasteiger partial charge in [-0.3, -0.25) is 0 Å². The SMILES string of the molecule is N#Cc1ccc(-c2cc3c(cc2-c2ccc(-c4nc(-c5ccccc5)nc(-c5ccccc5)n4)cc2)Oc2ccccc2C32c3ccccc3-c3ccccc32)cc1. The minimum absolute atomic E-state index is 0.595. The smallest absolute Gasteiger partial charge is 0.164 e. The van der Waals surface area contributed by atoms with Crippen LogP contribution in [0.5, 0.6) is 11.5 Å². The van der Waals surface area contributed by atoms with Crippen LogP contribution in [0, 0.1) is 11.3 Å². The Morgan fingerprint density at radius 3 is 1.34 bits per heavy atom. The molecule has 5 heteroatoms. The summed E-state index contributed by atoms with van der Waals surface area (Å²) in [6, 6.07) is 69.1. The van der Waals surface area contributed by atoms with Crippen LogP contribution in [-0.2, 0) is 5.41 Å². The number of ether oxygens (including phenoxy) is 1. The third-order valence-electron chi connectivity index (χ3n) is 11.5. The highest BCUT2D eigenvalue weighted by atomic mass is 16.5. The van der Waals surface area contributed by atoms with Crippen molar-refractivity contribution in [3.63, 3.8) is 0 Å². The zero-order chi connectivity index (χ0) is 38.6. The largest absolute Gasteiger partial charge is 0.457 e. The lowest BCUT2D eigenvalue weighted by molar-refractivity contribution is 0.436. The number of aromatic nitrogens is 3. The van der Waals surface area contributed by atoms with E-state index in [1.807, 2.05) is 91.0 Å². The third kappa shape index (κ3) is 5.20. The summed E-state index contributed by atoms with van der Waals surface area (Å²) in [5.74, 6) is 3.48. The molecule has 5 nitrogen and oxygen atoms in total. The van der Waals surface area contributed by atoms with E-state index in [4.69, 9.17) is 19.7 Å². The van der Waals surface area contributed by atoms with Gasteiger partial charge in [0, 0.05) is 27.8 Å². The second-order valence-electron chi connectivity index (χ2n) is 14.6. The van der Waals surface area contributed by atoms with Crippen molar-refractivity contribution in [2.75, 3.05) is 0 Å². The van der Waals surface area contributed by atoms with Crippen LogP contribution in [0.1, 0.15) is 27.8 Å². The van der Waals surface area contributed by atoms with E-state index in [0.29, 0.717) is 23.0 Å². The molecular weight excluding hydrogens is 709 g/mol. The molecule has 0 amide bonds. The van der Waals surface area contributed by atoms with E-state index >= 15 is 0 Å². The molecule has 0 saturated carbocycles. The fraction of sp³-hybridized carbons (Fsp3) is 0.0189. The summed E-state index contributed by atoms with van der Waals surface area (Å²) in [6.45, 7) is 0. The molecule has 0 radical (unpaired) electrons. The highest BCUT2D eigenvalue weighted by Gasteiger charge is 2.51. The van der Waals surface area contributed by atoms with Crippen LogP contribution in [-0.4, -0.2) is 15.0 Å². The van der Waals surface area contributed by atoms with Gasteiger partial charge >= 0.3 is 0 Å². The maximum atomic E-state index is 9.71. The molecule has 58 heavy (non-hydrogen) atoms. The first-order chi connectivity index (χ1) is 28.7. The molecule has 1 aromatic heterocycles. The molecule has 1 aliphatic carbocycles. The number of nitriles is 1. The third-order valence-corrected chi connectivity index (χ3v) is 11.5.